The Labute approximate surface area is 167 Å². The van der Waals surface area contributed by atoms with Crippen LogP contribution in [0.15, 0.2) is 66.8 Å². The SMILES string of the molecule is C=CCOc1ccc(C(O)=C2C(=O)C(=O)N(CCO)[C@H]2c2ccc(O)cc2)cc1. The molecule has 0 radical (unpaired) electrons. The molecule has 1 fully saturated rings. The van der Waals surface area contributed by atoms with Crippen LogP contribution in [0.5, 0.6) is 11.5 Å². The molecule has 1 amide bonds. The molecule has 0 aromatic heterocycles. The molecule has 150 valence electrons. The van der Waals surface area contributed by atoms with Crippen LogP contribution in [0.3, 0.4) is 0 Å². The zero-order valence-corrected chi connectivity index (χ0v) is 15.6. The highest BCUT2D eigenvalue weighted by molar-refractivity contribution is 6.46. The molecule has 0 spiro atoms. The van der Waals surface area contributed by atoms with Crippen molar-refractivity contribution in [3.63, 3.8) is 0 Å². The second kappa shape index (κ2) is 8.62. The molecule has 0 aliphatic carbocycles. The van der Waals surface area contributed by atoms with E-state index in [1.54, 1.807) is 42.5 Å². The number of carbonyl (C=O) groups is 2. The maximum absolute atomic E-state index is 12.7. The van der Waals surface area contributed by atoms with Crippen LogP contribution in [-0.4, -0.2) is 51.7 Å². The van der Waals surface area contributed by atoms with Crippen molar-refractivity contribution in [3.8, 4) is 11.5 Å². The molecule has 29 heavy (non-hydrogen) atoms. The third-order valence-corrected chi connectivity index (χ3v) is 4.59. The highest BCUT2D eigenvalue weighted by Crippen LogP contribution is 2.39. The highest BCUT2D eigenvalue weighted by Gasteiger charge is 2.45. The second-order valence-corrected chi connectivity index (χ2v) is 6.43. The van der Waals surface area contributed by atoms with Crippen molar-refractivity contribution in [2.24, 2.45) is 0 Å². The average Bonchev–Trinajstić information content (AvgIpc) is 2.98. The first-order valence-corrected chi connectivity index (χ1v) is 9.00. The van der Waals surface area contributed by atoms with Gasteiger partial charge in [-0.05, 0) is 42.0 Å². The summed E-state index contributed by atoms with van der Waals surface area (Å²) in [7, 11) is 0. The van der Waals surface area contributed by atoms with Gasteiger partial charge in [-0.25, -0.2) is 0 Å². The number of likely N-dealkylation sites (tertiary alicyclic amines) is 1. The van der Waals surface area contributed by atoms with Crippen LogP contribution in [0.1, 0.15) is 17.2 Å². The van der Waals surface area contributed by atoms with Gasteiger partial charge in [-0.3, -0.25) is 9.59 Å². The Kier molecular flexibility index (Phi) is 5.99. The molecule has 1 aliphatic heterocycles. The molecule has 1 saturated heterocycles. The van der Waals surface area contributed by atoms with E-state index in [-0.39, 0.29) is 30.2 Å². The first kappa shape index (κ1) is 20.2. The number of hydrogen-bond donors (Lipinski definition) is 3. The molecule has 7 nitrogen and oxygen atoms in total. The standard InChI is InChI=1S/C22H21NO6/c1-2-13-29-17-9-5-15(6-10-17)20(26)18-19(14-3-7-16(25)8-4-14)23(11-12-24)22(28)21(18)27/h2-10,19,24-26H,1,11-13H2/t19-/m0/s1. The summed E-state index contributed by atoms with van der Waals surface area (Å²) in [5.41, 5.74) is 0.804. The number of Topliss-reactive ketones (excluding diaryl/α,β-unsaturated/α-hetero) is 1. The van der Waals surface area contributed by atoms with Crippen molar-refractivity contribution in [3.05, 3.63) is 77.9 Å². The number of rotatable bonds is 7. The maximum atomic E-state index is 12.7. The summed E-state index contributed by atoms with van der Waals surface area (Å²) in [6.07, 6.45) is 1.61. The molecular weight excluding hydrogens is 374 g/mol. The van der Waals surface area contributed by atoms with E-state index in [0.717, 1.165) is 0 Å². The number of aromatic hydroxyl groups is 1. The Bertz CT molecular complexity index is 946. The molecule has 7 heteroatoms. The Morgan fingerprint density at radius 1 is 1.10 bits per heavy atom. The minimum absolute atomic E-state index is 0.0305. The monoisotopic (exact) mass is 395 g/mol. The van der Waals surface area contributed by atoms with E-state index in [0.29, 0.717) is 23.5 Å². The summed E-state index contributed by atoms with van der Waals surface area (Å²) in [4.78, 5) is 26.4. The summed E-state index contributed by atoms with van der Waals surface area (Å²) in [6.45, 7) is 3.50. The molecule has 2 aromatic carbocycles. The lowest BCUT2D eigenvalue weighted by Crippen LogP contribution is -2.32. The number of phenols is 1. The van der Waals surface area contributed by atoms with Crippen LogP contribution in [0, 0.1) is 0 Å². The summed E-state index contributed by atoms with van der Waals surface area (Å²) >= 11 is 0. The third-order valence-electron chi connectivity index (χ3n) is 4.59. The van der Waals surface area contributed by atoms with Crippen molar-refractivity contribution in [2.45, 2.75) is 6.04 Å². The van der Waals surface area contributed by atoms with Crippen molar-refractivity contribution < 1.29 is 29.6 Å². The summed E-state index contributed by atoms with van der Waals surface area (Å²) in [5.74, 6) is -1.36. The largest absolute Gasteiger partial charge is 0.508 e. The van der Waals surface area contributed by atoms with Gasteiger partial charge in [0.1, 0.15) is 23.9 Å². The first-order chi connectivity index (χ1) is 14.0. The predicted octanol–water partition coefficient (Wildman–Crippen LogP) is 2.37. The number of carbonyl (C=O) groups excluding carboxylic acids is 2. The molecule has 0 bridgehead atoms. The Balaban J connectivity index is 2.07. The molecule has 0 saturated carbocycles. The fraction of sp³-hybridized carbons (Fsp3) is 0.182. The minimum Gasteiger partial charge on any atom is -0.508 e. The molecule has 1 atom stereocenters. The maximum Gasteiger partial charge on any atom is 0.295 e. The van der Waals surface area contributed by atoms with Crippen molar-refractivity contribution in [1.29, 1.82) is 0 Å². The van der Waals surface area contributed by atoms with E-state index >= 15 is 0 Å². The summed E-state index contributed by atoms with van der Waals surface area (Å²) in [5, 5.41) is 29.7. The number of phenolic OH excluding ortho intramolecular Hbond substituents is 1. The topological polar surface area (TPSA) is 107 Å². The number of amides is 1. The van der Waals surface area contributed by atoms with Crippen molar-refractivity contribution in [2.75, 3.05) is 19.8 Å². The van der Waals surface area contributed by atoms with Crippen molar-refractivity contribution in [1.82, 2.24) is 4.90 Å². The second-order valence-electron chi connectivity index (χ2n) is 6.43. The lowest BCUT2D eigenvalue weighted by atomic mass is 9.95. The molecule has 1 aliphatic rings. The Morgan fingerprint density at radius 2 is 1.76 bits per heavy atom. The lowest BCUT2D eigenvalue weighted by Gasteiger charge is -2.24. The number of β-amino-alcohol motifs (C(OH)–C–C–N with tert-alkyl or cyclic N) is 1. The van der Waals surface area contributed by atoms with E-state index in [1.165, 1.54) is 17.0 Å². The molecule has 1 heterocycles. The quantitative estimate of drug-likeness (QED) is 0.288. The normalized spacial score (nSPS) is 18.1. The number of aliphatic hydroxyl groups excluding tert-OH is 2. The van der Waals surface area contributed by atoms with E-state index in [4.69, 9.17) is 4.74 Å². The van der Waals surface area contributed by atoms with Gasteiger partial charge in [0.25, 0.3) is 11.7 Å². The number of nitrogens with zero attached hydrogens (tertiary/aromatic N) is 1. The van der Waals surface area contributed by atoms with Gasteiger partial charge in [-0.15, -0.1) is 0 Å². The van der Waals surface area contributed by atoms with Gasteiger partial charge in [-0.2, -0.15) is 0 Å². The number of benzene rings is 2. The first-order valence-electron chi connectivity index (χ1n) is 9.00. The molecular formula is C22H21NO6. The van der Waals surface area contributed by atoms with Crippen LogP contribution < -0.4 is 4.74 Å². The zero-order chi connectivity index (χ0) is 21.0. The number of ketones is 1. The van der Waals surface area contributed by atoms with Crippen LogP contribution in [0.4, 0.5) is 0 Å². The zero-order valence-electron chi connectivity index (χ0n) is 15.6. The van der Waals surface area contributed by atoms with E-state index < -0.39 is 17.7 Å². The average molecular weight is 395 g/mol. The van der Waals surface area contributed by atoms with E-state index in [9.17, 15) is 24.9 Å². The fourth-order valence-corrected chi connectivity index (χ4v) is 3.24. The Hall–Kier alpha value is -3.58. The fourth-order valence-electron chi connectivity index (χ4n) is 3.24. The minimum atomic E-state index is -0.876. The highest BCUT2D eigenvalue weighted by atomic mass is 16.5. The van der Waals surface area contributed by atoms with Crippen LogP contribution in [-0.2, 0) is 9.59 Å². The van der Waals surface area contributed by atoms with E-state index in [1.807, 2.05) is 0 Å². The van der Waals surface area contributed by atoms with Gasteiger partial charge in [0.05, 0.1) is 18.2 Å². The van der Waals surface area contributed by atoms with Crippen LogP contribution in [0.2, 0.25) is 0 Å². The molecule has 2 aromatic rings. The lowest BCUT2D eigenvalue weighted by molar-refractivity contribution is -0.140. The van der Waals surface area contributed by atoms with Gasteiger partial charge in [-0.1, -0.05) is 24.8 Å². The molecule has 3 rings (SSSR count). The Morgan fingerprint density at radius 3 is 2.34 bits per heavy atom. The molecule has 0 unspecified atom stereocenters. The van der Waals surface area contributed by atoms with Crippen LogP contribution >= 0.6 is 0 Å². The number of ether oxygens (including phenoxy) is 1. The van der Waals surface area contributed by atoms with Gasteiger partial charge in [0.15, 0.2) is 0 Å². The number of aliphatic hydroxyl groups is 2. The third kappa shape index (κ3) is 4.00. The van der Waals surface area contributed by atoms with Gasteiger partial charge < -0.3 is 25.0 Å². The van der Waals surface area contributed by atoms with Gasteiger partial charge in [0.2, 0.25) is 0 Å². The summed E-state index contributed by atoms with van der Waals surface area (Å²) in [6, 6.07) is 11.6. The smallest absolute Gasteiger partial charge is 0.295 e. The number of hydrogen-bond acceptors (Lipinski definition) is 6. The predicted molar refractivity (Wildman–Crippen MR) is 106 cm³/mol. The van der Waals surface area contributed by atoms with E-state index in [2.05, 4.69) is 6.58 Å². The van der Waals surface area contributed by atoms with Gasteiger partial charge in [0, 0.05) is 12.1 Å². The van der Waals surface area contributed by atoms with Gasteiger partial charge >= 0.3 is 0 Å². The van der Waals surface area contributed by atoms with Crippen LogP contribution in [0.25, 0.3) is 5.76 Å². The molecule has 3 N–H and O–H groups in total. The van der Waals surface area contributed by atoms with Crippen molar-refractivity contribution >= 4 is 17.4 Å². The summed E-state index contributed by atoms with van der Waals surface area (Å²) < 4.78 is 5.41.